The molecule has 0 aliphatic carbocycles. The van der Waals surface area contributed by atoms with Crippen LogP contribution in [0.3, 0.4) is 0 Å². The number of aromatic nitrogens is 1. The lowest BCUT2D eigenvalue weighted by molar-refractivity contribution is -0.137. The molecule has 0 aromatic carbocycles. The van der Waals surface area contributed by atoms with E-state index in [1.807, 2.05) is 6.92 Å². The van der Waals surface area contributed by atoms with Crippen molar-refractivity contribution in [2.45, 2.75) is 51.7 Å². The fraction of sp³-hybridized carbons (Fsp3) is 0.615. The number of nitrogens with one attached hydrogen (secondary N) is 1. The molecule has 0 saturated carbocycles. The zero-order chi connectivity index (χ0) is 14.5. The number of nitrogen functional groups attached to an aromatic ring is 1. The average Bonchev–Trinajstić information content (AvgIpc) is 2.27. The van der Waals surface area contributed by atoms with Crippen LogP contribution in [0.25, 0.3) is 0 Å². The number of halogens is 3. The van der Waals surface area contributed by atoms with Gasteiger partial charge in [-0.2, -0.15) is 13.2 Å². The molecule has 1 rings (SSSR count). The van der Waals surface area contributed by atoms with Crippen molar-refractivity contribution in [2.24, 2.45) is 0 Å². The Bertz CT molecular complexity index is 405. The van der Waals surface area contributed by atoms with Crippen LogP contribution < -0.4 is 11.1 Å². The Morgan fingerprint density at radius 1 is 1.32 bits per heavy atom. The van der Waals surface area contributed by atoms with E-state index < -0.39 is 11.7 Å². The molecule has 1 aromatic heterocycles. The Hall–Kier alpha value is -1.46. The molecular formula is C13H20F3N3. The Balaban J connectivity index is 2.70. The van der Waals surface area contributed by atoms with Crippen molar-refractivity contribution in [1.29, 1.82) is 0 Å². The molecule has 0 saturated heterocycles. The minimum Gasteiger partial charge on any atom is -0.384 e. The van der Waals surface area contributed by atoms with Gasteiger partial charge in [-0.25, -0.2) is 4.98 Å². The lowest BCUT2D eigenvalue weighted by Crippen LogP contribution is -2.17. The van der Waals surface area contributed by atoms with Gasteiger partial charge in [-0.05, 0) is 25.5 Å². The maximum Gasteiger partial charge on any atom is 0.416 e. The molecule has 3 nitrogen and oxygen atoms in total. The van der Waals surface area contributed by atoms with Gasteiger partial charge in [0.15, 0.2) is 0 Å². The fourth-order valence-electron chi connectivity index (χ4n) is 1.81. The van der Waals surface area contributed by atoms with E-state index in [0.717, 1.165) is 37.8 Å². The van der Waals surface area contributed by atoms with Crippen molar-refractivity contribution in [3.05, 3.63) is 17.7 Å². The largest absolute Gasteiger partial charge is 0.416 e. The smallest absolute Gasteiger partial charge is 0.384 e. The van der Waals surface area contributed by atoms with Crippen molar-refractivity contribution in [3.8, 4) is 0 Å². The van der Waals surface area contributed by atoms with Gasteiger partial charge in [0.1, 0.15) is 11.6 Å². The van der Waals surface area contributed by atoms with Gasteiger partial charge in [-0.3, -0.25) is 0 Å². The van der Waals surface area contributed by atoms with Gasteiger partial charge < -0.3 is 11.1 Å². The summed E-state index contributed by atoms with van der Waals surface area (Å²) in [5.74, 6) is 0.0504. The summed E-state index contributed by atoms with van der Waals surface area (Å²) in [5, 5.41) is 2.96. The quantitative estimate of drug-likeness (QED) is 0.770. The molecule has 0 amide bonds. The Labute approximate surface area is 111 Å². The molecule has 0 radical (unpaired) electrons. The second-order valence-electron chi connectivity index (χ2n) is 4.70. The average molecular weight is 275 g/mol. The number of anilines is 2. The molecule has 0 aliphatic rings. The van der Waals surface area contributed by atoms with Crippen molar-refractivity contribution < 1.29 is 13.2 Å². The molecule has 0 spiro atoms. The first-order valence-electron chi connectivity index (χ1n) is 6.44. The summed E-state index contributed by atoms with van der Waals surface area (Å²) >= 11 is 0. The highest BCUT2D eigenvalue weighted by Gasteiger charge is 2.31. The van der Waals surface area contributed by atoms with E-state index in [0.29, 0.717) is 0 Å². The number of pyridine rings is 1. The standard InChI is InChI=1S/C13H20F3N3/c1-3-4-5-6-9(2)18-12-8-10(13(14,15)16)7-11(17)19-12/h7-9H,3-6H2,1-2H3,(H3,17,18,19). The van der Waals surface area contributed by atoms with E-state index in [1.54, 1.807) is 0 Å². The molecule has 1 atom stereocenters. The maximum atomic E-state index is 12.6. The van der Waals surface area contributed by atoms with Crippen LogP contribution in [0.1, 0.15) is 45.1 Å². The SMILES string of the molecule is CCCCCC(C)Nc1cc(C(F)(F)F)cc(N)n1. The number of hydrogen-bond donors (Lipinski definition) is 2. The van der Waals surface area contributed by atoms with E-state index >= 15 is 0 Å². The van der Waals surface area contributed by atoms with Crippen LogP contribution in [0.2, 0.25) is 0 Å². The van der Waals surface area contributed by atoms with Crippen LogP contribution in [-0.2, 0) is 6.18 Å². The summed E-state index contributed by atoms with van der Waals surface area (Å²) in [6.45, 7) is 4.03. The molecule has 108 valence electrons. The Morgan fingerprint density at radius 3 is 2.58 bits per heavy atom. The van der Waals surface area contributed by atoms with Crippen LogP contribution >= 0.6 is 0 Å². The van der Waals surface area contributed by atoms with Crippen molar-refractivity contribution >= 4 is 11.6 Å². The van der Waals surface area contributed by atoms with E-state index in [9.17, 15) is 13.2 Å². The zero-order valence-corrected chi connectivity index (χ0v) is 11.2. The molecule has 19 heavy (non-hydrogen) atoms. The summed E-state index contributed by atoms with van der Waals surface area (Å²) in [7, 11) is 0. The maximum absolute atomic E-state index is 12.6. The molecule has 1 aromatic rings. The number of hydrogen-bond acceptors (Lipinski definition) is 3. The number of nitrogens with zero attached hydrogens (tertiary/aromatic N) is 1. The van der Waals surface area contributed by atoms with Gasteiger partial charge in [-0.15, -0.1) is 0 Å². The summed E-state index contributed by atoms with van der Waals surface area (Å²) in [5.41, 5.74) is 4.63. The highest BCUT2D eigenvalue weighted by Crippen LogP contribution is 2.31. The Morgan fingerprint density at radius 2 is 2.00 bits per heavy atom. The van der Waals surface area contributed by atoms with Gasteiger partial charge in [0.2, 0.25) is 0 Å². The lowest BCUT2D eigenvalue weighted by Gasteiger charge is -2.16. The highest BCUT2D eigenvalue weighted by atomic mass is 19.4. The molecule has 0 bridgehead atoms. The van der Waals surface area contributed by atoms with E-state index in [4.69, 9.17) is 5.73 Å². The summed E-state index contributed by atoms with van der Waals surface area (Å²) in [6, 6.07) is 1.90. The molecule has 1 heterocycles. The number of rotatable bonds is 6. The van der Waals surface area contributed by atoms with Gasteiger partial charge in [-0.1, -0.05) is 26.2 Å². The molecule has 6 heteroatoms. The normalized spacial score (nSPS) is 13.3. The molecule has 0 fully saturated rings. The topological polar surface area (TPSA) is 50.9 Å². The second-order valence-corrected chi connectivity index (χ2v) is 4.70. The molecule has 3 N–H and O–H groups in total. The fourth-order valence-corrected chi connectivity index (χ4v) is 1.81. The third kappa shape index (κ3) is 5.36. The first-order valence-corrected chi connectivity index (χ1v) is 6.44. The van der Waals surface area contributed by atoms with Crippen LogP contribution in [0.4, 0.5) is 24.8 Å². The monoisotopic (exact) mass is 275 g/mol. The molecular weight excluding hydrogens is 255 g/mol. The Kier molecular flexibility index (Phi) is 5.44. The summed E-state index contributed by atoms with van der Waals surface area (Å²) < 4.78 is 37.9. The first-order chi connectivity index (χ1) is 8.82. The van der Waals surface area contributed by atoms with Crippen LogP contribution in [0.15, 0.2) is 12.1 Å². The van der Waals surface area contributed by atoms with Crippen LogP contribution in [0.5, 0.6) is 0 Å². The lowest BCUT2D eigenvalue weighted by atomic mass is 10.1. The predicted molar refractivity (Wildman–Crippen MR) is 70.9 cm³/mol. The number of unbranched alkanes of at least 4 members (excludes halogenated alkanes) is 2. The molecule has 1 unspecified atom stereocenters. The molecule has 0 aliphatic heterocycles. The minimum atomic E-state index is -4.40. The van der Waals surface area contributed by atoms with Gasteiger partial charge in [0.25, 0.3) is 0 Å². The first kappa shape index (κ1) is 15.6. The van der Waals surface area contributed by atoms with E-state index in [1.165, 1.54) is 0 Å². The number of nitrogens with two attached hydrogens (primary N) is 1. The van der Waals surface area contributed by atoms with Gasteiger partial charge in [0.05, 0.1) is 5.56 Å². The van der Waals surface area contributed by atoms with Crippen LogP contribution in [0, 0.1) is 0 Å². The van der Waals surface area contributed by atoms with Crippen molar-refractivity contribution in [2.75, 3.05) is 11.1 Å². The van der Waals surface area contributed by atoms with Crippen LogP contribution in [-0.4, -0.2) is 11.0 Å². The minimum absolute atomic E-state index is 0.0712. The second kappa shape index (κ2) is 6.63. The van der Waals surface area contributed by atoms with Crippen molar-refractivity contribution in [3.63, 3.8) is 0 Å². The van der Waals surface area contributed by atoms with E-state index in [2.05, 4.69) is 17.2 Å². The third-order valence-electron chi connectivity index (χ3n) is 2.81. The van der Waals surface area contributed by atoms with Gasteiger partial charge in [0, 0.05) is 6.04 Å². The number of alkyl halides is 3. The summed E-state index contributed by atoms with van der Waals surface area (Å²) in [4.78, 5) is 3.88. The third-order valence-corrected chi connectivity index (χ3v) is 2.81. The van der Waals surface area contributed by atoms with Crippen molar-refractivity contribution in [1.82, 2.24) is 4.98 Å². The summed E-state index contributed by atoms with van der Waals surface area (Å²) in [6.07, 6.45) is -0.241. The zero-order valence-electron chi connectivity index (χ0n) is 11.2. The van der Waals surface area contributed by atoms with Gasteiger partial charge >= 0.3 is 6.18 Å². The highest BCUT2D eigenvalue weighted by molar-refractivity contribution is 5.47. The van der Waals surface area contributed by atoms with E-state index in [-0.39, 0.29) is 17.7 Å². The predicted octanol–water partition coefficient (Wildman–Crippen LogP) is 4.06.